The zero-order valence-electron chi connectivity index (χ0n) is 19.3. The molecule has 0 radical (unpaired) electrons. The van der Waals surface area contributed by atoms with Crippen molar-refractivity contribution in [2.45, 2.75) is 31.5 Å². The molecule has 182 valence electrons. The molecule has 0 bridgehead atoms. The summed E-state index contributed by atoms with van der Waals surface area (Å²) in [5, 5.41) is 12.6. The minimum absolute atomic E-state index is 0.140. The van der Waals surface area contributed by atoms with Crippen LogP contribution in [-0.4, -0.2) is 51.8 Å². The standard InChI is InChI=1S/C26H28ClN5O3/c1-2-15-35-26(33)31-14-10-21-22-17-19(27)6-9-23(22)30-24(21)25(31)18-4-7-20(8-5-18)34-16-3-13-32-28-11-12-29-32/h2,4-9,11-12,17,22-23,25,30H,1,3,10,13-16H2. The van der Waals surface area contributed by atoms with Crippen molar-refractivity contribution in [2.75, 3.05) is 19.8 Å². The molecule has 2 aliphatic heterocycles. The van der Waals surface area contributed by atoms with Gasteiger partial charge in [0.25, 0.3) is 0 Å². The van der Waals surface area contributed by atoms with Crippen molar-refractivity contribution in [2.24, 2.45) is 5.92 Å². The molecule has 35 heavy (non-hydrogen) atoms. The van der Waals surface area contributed by atoms with E-state index in [1.54, 1.807) is 28.2 Å². The Labute approximate surface area is 209 Å². The van der Waals surface area contributed by atoms with E-state index in [2.05, 4.69) is 34.2 Å². The van der Waals surface area contributed by atoms with Crippen LogP contribution < -0.4 is 10.1 Å². The number of aryl methyl sites for hydroxylation is 1. The summed E-state index contributed by atoms with van der Waals surface area (Å²) < 4.78 is 11.3. The zero-order chi connectivity index (χ0) is 24.2. The molecule has 0 saturated heterocycles. The van der Waals surface area contributed by atoms with Crippen LogP contribution in [0.3, 0.4) is 0 Å². The van der Waals surface area contributed by atoms with E-state index in [0.717, 1.165) is 34.9 Å². The van der Waals surface area contributed by atoms with Crippen molar-refractivity contribution in [3.05, 3.63) is 89.4 Å². The van der Waals surface area contributed by atoms with Gasteiger partial charge in [-0.25, -0.2) is 4.79 Å². The van der Waals surface area contributed by atoms with Gasteiger partial charge in [0.1, 0.15) is 18.4 Å². The maximum absolute atomic E-state index is 13.0. The number of amides is 1. The number of nitrogens with zero attached hydrogens (tertiary/aromatic N) is 4. The molecule has 1 aromatic carbocycles. The van der Waals surface area contributed by atoms with Gasteiger partial charge in [-0.3, -0.25) is 4.90 Å². The van der Waals surface area contributed by atoms with E-state index < -0.39 is 0 Å². The number of aromatic nitrogens is 3. The van der Waals surface area contributed by atoms with Crippen molar-refractivity contribution in [3.63, 3.8) is 0 Å². The van der Waals surface area contributed by atoms with Crippen LogP contribution >= 0.6 is 11.6 Å². The first kappa shape index (κ1) is 23.2. The van der Waals surface area contributed by atoms with Crippen LogP contribution in [0.5, 0.6) is 5.75 Å². The number of ether oxygens (including phenoxy) is 2. The van der Waals surface area contributed by atoms with Gasteiger partial charge in [-0.1, -0.05) is 48.5 Å². The molecule has 1 amide bonds. The van der Waals surface area contributed by atoms with Gasteiger partial charge < -0.3 is 14.8 Å². The van der Waals surface area contributed by atoms with Crippen molar-refractivity contribution >= 4 is 17.7 Å². The number of allylic oxidation sites excluding steroid dienone is 2. The van der Waals surface area contributed by atoms with Gasteiger partial charge in [0.15, 0.2) is 0 Å². The third-order valence-corrected chi connectivity index (χ3v) is 6.71. The third kappa shape index (κ3) is 4.98. The Morgan fingerprint density at radius 3 is 2.83 bits per heavy atom. The predicted octanol–water partition coefficient (Wildman–Crippen LogP) is 4.35. The van der Waals surface area contributed by atoms with Crippen molar-refractivity contribution in [1.82, 2.24) is 25.2 Å². The predicted molar refractivity (Wildman–Crippen MR) is 133 cm³/mol. The normalized spacial score (nSPS) is 22.7. The Hall–Kier alpha value is -3.52. The number of hydrogen-bond acceptors (Lipinski definition) is 6. The molecule has 2 aromatic rings. The van der Waals surface area contributed by atoms with E-state index in [4.69, 9.17) is 21.1 Å². The highest BCUT2D eigenvalue weighted by atomic mass is 35.5. The molecule has 3 heterocycles. The summed E-state index contributed by atoms with van der Waals surface area (Å²) in [6, 6.07) is 7.79. The summed E-state index contributed by atoms with van der Waals surface area (Å²) in [6.45, 7) is 5.66. The van der Waals surface area contributed by atoms with Crippen LogP contribution in [0.1, 0.15) is 24.4 Å². The Morgan fingerprint density at radius 2 is 2.06 bits per heavy atom. The number of halogens is 1. The second-order valence-electron chi connectivity index (χ2n) is 8.65. The monoisotopic (exact) mass is 493 g/mol. The van der Waals surface area contributed by atoms with Gasteiger partial charge in [-0.05, 0) is 35.8 Å². The molecule has 0 saturated carbocycles. The van der Waals surface area contributed by atoms with Gasteiger partial charge in [0, 0.05) is 29.6 Å². The average molecular weight is 494 g/mol. The molecule has 8 nitrogen and oxygen atoms in total. The number of carbonyl (C=O) groups is 1. The number of nitrogens with one attached hydrogen (secondary N) is 1. The summed E-state index contributed by atoms with van der Waals surface area (Å²) >= 11 is 6.31. The first-order chi connectivity index (χ1) is 17.1. The lowest BCUT2D eigenvalue weighted by Gasteiger charge is -2.37. The lowest BCUT2D eigenvalue weighted by Crippen LogP contribution is -2.42. The smallest absolute Gasteiger partial charge is 0.410 e. The number of carbonyl (C=O) groups excluding carboxylic acids is 1. The highest BCUT2D eigenvalue weighted by molar-refractivity contribution is 6.31. The molecule has 5 rings (SSSR count). The van der Waals surface area contributed by atoms with E-state index in [1.165, 1.54) is 5.57 Å². The fraction of sp³-hybridized carbons (Fsp3) is 0.346. The van der Waals surface area contributed by atoms with Gasteiger partial charge in [0.2, 0.25) is 0 Å². The van der Waals surface area contributed by atoms with E-state index in [0.29, 0.717) is 19.7 Å². The van der Waals surface area contributed by atoms with Crippen LogP contribution in [-0.2, 0) is 11.3 Å². The minimum atomic E-state index is -0.352. The van der Waals surface area contributed by atoms with E-state index >= 15 is 0 Å². The first-order valence-electron chi connectivity index (χ1n) is 11.8. The lowest BCUT2D eigenvalue weighted by atomic mass is 9.85. The largest absolute Gasteiger partial charge is 0.494 e. The number of hydrogen-bond donors (Lipinski definition) is 1. The maximum Gasteiger partial charge on any atom is 0.410 e. The van der Waals surface area contributed by atoms with Crippen molar-refractivity contribution < 1.29 is 14.3 Å². The molecule has 0 fully saturated rings. The molecule has 9 heteroatoms. The molecule has 3 unspecified atom stereocenters. The van der Waals surface area contributed by atoms with Crippen LogP contribution in [0.15, 0.2) is 83.8 Å². The average Bonchev–Trinajstić information content (AvgIpc) is 3.52. The van der Waals surface area contributed by atoms with Crippen LogP contribution in [0.4, 0.5) is 4.79 Å². The summed E-state index contributed by atoms with van der Waals surface area (Å²) in [7, 11) is 0. The van der Waals surface area contributed by atoms with Gasteiger partial charge >= 0.3 is 6.09 Å². The summed E-state index contributed by atoms with van der Waals surface area (Å²) in [6.07, 6.45) is 12.2. The quantitative estimate of drug-likeness (QED) is 0.435. The number of fused-ring (bicyclic) bond motifs is 2. The lowest BCUT2D eigenvalue weighted by molar-refractivity contribution is 0.0969. The highest BCUT2D eigenvalue weighted by Crippen LogP contribution is 2.44. The molecule has 1 N–H and O–H groups in total. The molecular weight excluding hydrogens is 466 g/mol. The van der Waals surface area contributed by atoms with Crippen molar-refractivity contribution in [3.8, 4) is 5.75 Å². The molecule has 1 aliphatic carbocycles. The van der Waals surface area contributed by atoms with Gasteiger partial charge in [-0.15, -0.1) is 0 Å². The fourth-order valence-electron chi connectivity index (χ4n) is 4.89. The minimum Gasteiger partial charge on any atom is -0.494 e. The Kier molecular flexibility index (Phi) is 6.90. The Balaban J connectivity index is 1.34. The summed E-state index contributed by atoms with van der Waals surface area (Å²) in [5.41, 5.74) is 3.34. The third-order valence-electron chi connectivity index (χ3n) is 6.46. The SMILES string of the molecule is C=CCOC(=O)N1CCC2=C(NC3C=CC(Cl)=CC23)C1c1ccc(OCCCn2nccn2)cc1. The van der Waals surface area contributed by atoms with Gasteiger partial charge in [-0.2, -0.15) is 15.0 Å². The first-order valence-corrected chi connectivity index (χ1v) is 12.2. The maximum atomic E-state index is 13.0. The summed E-state index contributed by atoms with van der Waals surface area (Å²) in [4.78, 5) is 16.4. The van der Waals surface area contributed by atoms with E-state index in [9.17, 15) is 4.79 Å². The fourth-order valence-corrected chi connectivity index (χ4v) is 5.10. The molecule has 3 aliphatic rings. The van der Waals surface area contributed by atoms with Crippen LogP contribution in [0.2, 0.25) is 0 Å². The van der Waals surface area contributed by atoms with Crippen LogP contribution in [0, 0.1) is 5.92 Å². The molecular formula is C26H28ClN5O3. The summed E-state index contributed by atoms with van der Waals surface area (Å²) in [5.74, 6) is 0.974. The van der Waals surface area contributed by atoms with Crippen LogP contribution in [0.25, 0.3) is 0 Å². The van der Waals surface area contributed by atoms with E-state index in [1.807, 2.05) is 30.3 Å². The molecule has 0 spiro atoms. The zero-order valence-corrected chi connectivity index (χ0v) is 20.1. The topological polar surface area (TPSA) is 81.5 Å². The molecule has 1 aromatic heterocycles. The van der Waals surface area contributed by atoms with E-state index in [-0.39, 0.29) is 30.7 Å². The number of rotatable bonds is 8. The van der Waals surface area contributed by atoms with Gasteiger partial charge in [0.05, 0.1) is 31.6 Å². The Bertz CT molecular complexity index is 1160. The Morgan fingerprint density at radius 1 is 1.26 bits per heavy atom. The second kappa shape index (κ2) is 10.4. The van der Waals surface area contributed by atoms with Crippen molar-refractivity contribution in [1.29, 1.82) is 0 Å². The number of benzene rings is 1. The molecule has 3 atom stereocenters. The second-order valence-corrected chi connectivity index (χ2v) is 9.09. The highest BCUT2D eigenvalue weighted by Gasteiger charge is 2.43.